The van der Waals surface area contributed by atoms with Crippen LogP contribution in [0.2, 0.25) is 0 Å². The highest BCUT2D eigenvalue weighted by Crippen LogP contribution is 2.22. The lowest BCUT2D eigenvalue weighted by Gasteiger charge is -2.32. The zero-order chi connectivity index (χ0) is 18.0. The van der Waals surface area contributed by atoms with Gasteiger partial charge in [-0.25, -0.2) is 8.42 Å². The standard InChI is InChI=1S/C17H23N3O3S2/c1-12(2)25(22,23)11-13-6-8-20(9-7-13)16(21)10-14-4-3-5-15-17(14)19-24-18-15/h3-5,12-13H,6-11H2,1-2H3. The molecule has 0 radical (unpaired) electrons. The molecule has 0 atom stereocenters. The Morgan fingerprint density at radius 1 is 1.28 bits per heavy atom. The number of fused-ring (bicyclic) bond motifs is 1. The summed E-state index contributed by atoms with van der Waals surface area (Å²) in [5.41, 5.74) is 2.53. The molecule has 1 aliphatic heterocycles. The van der Waals surface area contributed by atoms with Gasteiger partial charge in [-0.3, -0.25) is 4.79 Å². The maximum atomic E-state index is 12.6. The third-order valence-corrected chi connectivity index (χ3v) is 7.78. The van der Waals surface area contributed by atoms with E-state index in [2.05, 4.69) is 8.75 Å². The fourth-order valence-electron chi connectivity index (χ4n) is 3.15. The van der Waals surface area contributed by atoms with E-state index in [4.69, 9.17) is 0 Å². The van der Waals surface area contributed by atoms with Crippen molar-refractivity contribution in [3.05, 3.63) is 23.8 Å². The molecular formula is C17H23N3O3S2. The Hall–Kier alpha value is -1.54. The van der Waals surface area contributed by atoms with Crippen molar-refractivity contribution in [2.24, 2.45) is 5.92 Å². The summed E-state index contributed by atoms with van der Waals surface area (Å²) in [6, 6.07) is 5.71. The monoisotopic (exact) mass is 381 g/mol. The average Bonchev–Trinajstić information content (AvgIpc) is 3.04. The van der Waals surface area contributed by atoms with E-state index in [1.165, 1.54) is 0 Å². The molecule has 0 N–H and O–H groups in total. The molecule has 0 saturated carbocycles. The van der Waals surface area contributed by atoms with Gasteiger partial charge >= 0.3 is 0 Å². The summed E-state index contributed by atoms with van der Waals surface area (Å²) in [5.74, 6) is 0.463. The summed E-state index contributed by atoms with van der Waals surface area (Å²) >= 11 is 1.16. The quantitative estimate of drug-likeness (QED) is 0.794. The molecule has 1 amide bonds. The molecule has 1 aromatic carbocycles. The minimum absolute atomic E-state index is 0.0747. The maximum Gasteiger partial charge on any atom is 0.227 e. The predicted octanol–water partition coefficient (Wildman–Crippen LogP) is 2.30. The summed E-state index contributed by atoms with van der Waals surface area (Å²) in [4.78, 5) is 14.4. The van der Waals surface area contributed by atoms with Gasteiger partial charge in [-0.15, -0.1) is 0 Å². The third kappa shape index (κ3) is 4.17. The van der Waals surface area contributed by atoms with E-state index in [1.807, 2.05) is 23.1 Å². The number of nitrogens with zero attached hydrogens (tertiary/aromatic N) is 3. The number of sulfone groups is 1. The van der Waals surface area contributed by atoms with E-state index in [1.54, 1.807) is 13.8 Å². The van der Waals surface area contributed by atoms with Crippen LogP contribution in [0.15, 0.2) is 18.2 Å². The van der Waals surface area contributed by atoms with Gasteiger partial charge in [0.05, 0.1) is 29.2 Å². The lowest BCUT2D eigenvalue weighted by atomic mass is 9.98. The Bertz CT molecular complexity index is 853. The topological polar surface area (TPSA) is 80.2 Å². The molecule has 1 aliphatic rings. The number of aromatic nitrogens is 2. The minimum atomic E-state index is -3.02. The van der Waals surface area contributed by atoms with Crippen LogP contribution in [0.4, 0.5) is 0 Å². The Kier molecular flexibility index (Phi) is 5.38. The van der Waals surface area contributed by atoms with Gasteiger partial charge < -0.3 is 4.90 Å². The first kappa shape index (κ1) is 18.3. The lowest BCUT2D eigenvalue weighted by molar-refractivity contribution is -0.131. The average molecular weight is 382 g/mol. The Labute approximate surface area is 152 Å². The molecule has 8 heteroatoms. The third-order valence-electron chi connectivity index (χ3n) is 4.86. The van der Waals surface area contributed by atoms with Crippen molar-refractivity contribution >= 4 is 38.5 Å². The first-order chi connectivity index (χ1) is 11.9. The second kappa shape index (κ2) is 7.37. The number of rotatable bonds is 5. The molecule has 2 heterocycles. The molecule has 0 spiro atoms. The molecular weight excluding hydrogens is 358 g/mol. The van der Waals surface area contributed by atoms with Crippen LogP contribution in [-0.4, -0.2) is 52.1 Å². The highest BCUT2D eigenvalue weighted by atomic mass is 32.2. The van der Waals surface area contributed by atoms with Crippen LogP contribution in [0.3, 0.4) is 0 Å². The zero-order valence-electron chi connectivity index (χ0n) is 14.5. The fourth-order valence-corrected chi connectivity index (χ4v) is 5.09. The van der Waals surface area contributed by atoms with E-state index in [-0.39, 0.29) is 22.8 Å². The maximum absolute atomic E-state index is 12.6. The number of benzene rings is 1. The van der Waals surface area contributed by atoms with Crippen molar-refractivity contribution < 1.29 is 13.2 Å². The van der Waals surface area contributed by atoms with E-state index < -0.39 is 9.84 Å². The second-order valence-corrected chi connectivity index (χ2v) is 10.1. The molecule has 6 nitrogen and oxygen atoms in total. The number of hydrogen-bond donors (Lipinski definition) is 0. The number of piperidine rings is 1. The molecule has 1 fully saturated rings. The SMILES string of the molecule is CC(C)S(=O)(=O)CC1CCN(C(=O)Cc2cccc3nsnc23)CC1. The van der Waals surface area contributed by atoms with Crippen LogP contribution in [-0.2, 0) is 21.1 Å². The van der Waals surface area contributed by atoms with Crippen LogP contribution in [0.1, 0.15) is 32.3 Å². The fraction of sp³-hybridized carbons (Fsp3) is 0.588. The van der Waals surface area contributed by atoms with Gasteiger partial charge in [-0.05, 0) is 44.2 Å². The Balaban J connectivity index is 1.58. The lowest BCUT2D eigenvalue weighted by Crippen LogP contribution is -2.41. The van der Waals surface area contributed by atoms with E-state index in [0.717, 1.165) is 41.2 Å². The van der Waals surface area contributed by atoms with E-state index >= 15 is 0 Å². The van der Waals surface area contributed by atoms with Crippen molar-refractivity contribution in [1.82, 2.24) is 13.6 Å². The van der Waals surface area contributed by atoms with Crippen molar-refractivity contribution in [2.75, 3.05) is 18.8 Å². The van der Waals surface area contributed by atoms with Gasteiger partial charge in [0, 0.05) is 13.1 Å². The van der Waals surface area contributed by atoms with Crippen molar-refractivity contribution in [3.63, 3.8) is 0 Å². The van der Waals surface area contributed by atoms with Crippen molar-refractivity contribution in [3.8, 4) is 0 Å². The van der Waals surface area contributed by atoms with Crippen LogP contribution in [0.25, 0.3) is 11.0 Å². The zero-order valence-corrected chi connectivity index (χ0v) is 16.1. The van der Waals surface area contributed by atoms with Gasteiger partial charge in [0.15, 0.2) is 9.84 Å². The second-order valence-electron chi connectivity index (χ2n) is 6.93. The minimum Gasteiger partial charge on any atom is -0.342 e. The summed E-state index contributed by atoms with van der Waals surface area (Å²) < 4.78 is 32.6. The van der Waals surface area contributed by atoms with Crippen LogP contribution in [0.5, 0.6) is 0 Å². The van der Waals surface area contributed by atoms with Gasteiger partial charge in [0.2, 0.25) is 5.91 Å². The highest BCUT2D eigenvalue weighted by molar-refractivity contribution is 7.91. The number of likely N-dealkylation sites (tertiary alicyclic amines) is 1. The van der Waals surface area contributed by atoms with Crippen LogP contribution in [0, 0.1) is 5.92 Å². The Morgan fingerprint density at radius 2 is 2.00 bits per heavy atom. The molecule has 2 aromatic rings. The molecule has 136 valence electrons. The number of carbonyl (C=O) groups is 1. The predicted molar refractivity (Wildman–Crippen MR) is 99.3 cm³/mol. The molecule has 0 unspecified atom stereocenters. The molecule has 1 saturated heterocycles. The van der Waals surface area contributed by atoms with Crippen molar-refractivity contribution in [1.29, 1.82) is 0 Å². The van der Waals surface area contributed by atoms with Crippen LogP contribution >= 0.6 is 11.7 Å². The molecule has 0 aliphatic carbocycles. The summed E-state index contributed by atoms with van der Waals surface area (Å²) in [6.07, 6.45) is 1.82. The molecule has 3 rings (SSSR count). The van der Waals surface area contributed by atoms with Crippen LogP contribution < -0.4 is 0 Å². The summed E-state index contributed by atoms with van der Waals surface area (Å²) in [5, 5.41) is -0.334. The number of hydrogen-bond acceptors (Lipinski definition) is 6. The Morgan fingerprint density at radius 3 is 2.68 bits per heavy atom. The van der Waals surface area contributed by atoms with E-state index in [0.29, 0.717) is 19.5 Å². The van der Waals surface area contributed by atoms with Gasteiger partial charge in [0.25, 0.3) is 0 Å². The van der Waals surface area contributed by atoms with Gasteiger partial charge in [-0.2, -0.15) is 8.75 Å². The van der Waals surface area contributed by atoms with Gasteiger partial charge in [0.1, 0.15) is 11.0 Å². The normalized spacial score (nSPS) is 16.7. The summed E-state index contributed by atoms with van der Waals surface area (Å²) in [6.45, 7) is 4.70. The first-order valence-electron chi connectivity index (χ1n) is 8.56. The largest absolute Gasteiger partial charge is 0.342 e. The number of amides is 1. The van der Waals surface area contributed by atoms with E-state index in [9.17, 15) is 13.2 Å². The smallest absolute Gasteiger partial charge is 0.227 e. The molecule has 0 bridgehead atoms. The van der Waals surface area contributed by atoms with Crippen molar-refractivity contribution in [2.45, 2.75) is 38.4 Å². The molecule has 1 aromatic heterocycles. The van der Waals surface area contributed by atoms with Gasteiger partial charge in [-0.1, -0.05) is 12.1 Å². The highest BCUT2D eigenvalue weighted by Gasteiger charge is 2.28. The molecule has 25 heavy (non-hydrogen) atoms. The summed E-state index contributed by atoms with van der Waals surface area (Å²) in [7, 11) is -3.02. The first-order valence-corrected chi connectivity index (χ1v) is 11.0. The number of carbonyl (C=O) groups excluding carboxylic acids is 1.